The molecule has 0 spiro atoms. The molecular formula is C31H33F4N3O3. The van der Waals surface area contributed by atoms with Crippen molar-refractivity contribution in [1.29, 1.82) is 0 Å². The normalized spacial score (nSPS) is 14.6. The lowest BCUT2D eigenvalue weighted by atomic mass is 9.84. The first kappa shape index (κ1) is 29.9. The van der Waals surface area contributed by atoms with Crippen LogP contribution in [-0.4, -0.2) is 37.3 Å². The first-order chi connectivity index (χ1) is 19.7. The molecule has 6 nitrogen and oxygen atoms in total. The highest BCUT2D eigenvalue weighted by Gasteiger charge is 2.31. The van der Waals surface area contributed by atoms with E-state index < -0.39 is 12.4 Å². The number of halogens is 4. The van der Waals surface area contributed by atoms with Gasteiger partial charge in [-0.15, -0.1) is 13.2 Å². The minimum absolute atomic E-state index is 0.249. The zero-order chi connectivity index (χ0) is 29.2. The minimum atomic E-state index is -4.75. The molecule has 3 aromatic rings. The number of carbonyl (C=O) groups is 2. The predicted molar refractivity (Wildman–Crippen MR) is 149 cm³/mol. The van der Waals surface area contributed by atoms with Crippen molar-refractivity contribution in [3.63, 3.8) is 0 Å². The van der Waals surface area contributed by atoms with Crippen molar-refractivity contribution in [2.24, 2.45) is 5.92 Å². The average molecular weight is 572 g/mol. The van der Waals surface area contributed by atoms with Crippen LogP contribution >= 0.6 is 0 Å². The van der Waals surface area contributed by atoms with Gasteiger partial charge in [0.25, 0.3) is 5.91 Å². The maximum atomic E-state index is 13.6. The molecule has 3 aromatic carbocycles. The van der Waals surface area contributed by atoms with Gasteiger partial charge >= 0.3 is 6.36 Å². The van der Waals surface area contributed by atoms with E-state index in [0.29, 0.717) is 35.7 Å². The third-order valence-electron chi connectivity index (χ3n) is 7.06. The Balaban J connectivity index is 1.32. The summed E-state index contributed by atoms with van der Waals surface area (Å²) >= 11 is 0. The second kappa shape index (κ2) is 14.0. The zero-order valence-electron chi connectivity index (χ0n) is 22.5. The van der Waals surface area contributed by atoms with Crippen molar-refractivity contribution in [2.45, 2.75) is 50.9 Å². The Labute approximate surface area is 236 Å². The van der Waals surface area contributed by atoms with E-state index in [1.807, 2.05) is 0 Å². The summed E-state index contributed by atoms with van der Waals surface area (Å²) in [4.78, 5) is 26.2. The highest BCUT2D eigenvalue weighted by Crippen LogP contribution is 2.28. The monoisotopic (exact) mass is 571 g/mol. The van der Waals surface area contributed by atoms with Gasteiger partial charge in [0.15, 0.2) is 0 Å². The zero-order valence-corrected chi connectivity index (χ0v) is 22.5. The van der Waals surface area contributed by atoms with E-state index in [4.69, 9.17) is 0 Å². The summed E-state index contributed by atoms with van der Waals surface area (Å²) in [7, 11) is 0. The Morgan fingerprint density at radius 1 is 0.878 bits per heavy atom. The number of rotatable bonds is 11. The fourth-order valence-corrected chi connectivity index (χ4v) is 5.00. The molecule has 0 aromatic heterocycles. The van der Waals surface area contributed by atoms with Crippen LogP contribution in [0.5, 0.6) is 5.75 Å². The molecule has 0 radical (unpaired) electrons. The van der Waals surface area contributed by atoms with Crippen LogP contribution in [0.3, 0.4) is 0 Å². The van der Waals surface area contributed by atoms with Gasteiger partial charge in [-0.05, 0) is 72.0 Å². The summed E-state index contributed by atoms with van der Waals surface area (Å²) < 4.78 is 54.4. The maximum absolute atomic E-state index is 13.6. The summed E-state index contributed by atoms with van der Waals surface area (Å²) in [6.45, 7) is 0.579. The van der Waals surface area contributed by atoms with Crippen LogP contribution in [0, 0.1) is 11.7 Å². The van der Waals surface area contributed by atoms with Crippen LogP contribution in [0.15, 0.2) is 72.8 Å². The Morgan fingerprint density at radius 2 is 1.59 bits per heavy atom. The van der Waals surface area contributed by atoms with Crippen LogP contribution in [-0.2, 0) is 4.79 Å². The van der Waals surface area contributed by atoms with E-state index in [1.165, 1.54) is 42.8 Å². The number of anilines is 1. The van der Waals surface area contributed by atoms with Crippen LogP contribution < -0.4 is 20.7 Å². The maximum Gasteiger partial charge on any atom is 0.573 e. The average Bonchev–Trinajstić information content (AvgIpc) is 2.95. The molecule has 0 saturated heterocycles. The molecule has 2 amide bonds. The molecule has 41 heavy (non-hydrogen) atoms. The minimum Gasteiger partial charge on any atom is -0.406 e. The van der Waals surface area contributed by atoms with Crippen LogP contribution in [0.4, 0.5) is 23.2 Å². The highest BCUT2D eigenvalue weighted by molar-refractivity contribution is 5.97. The summed E-state index contributed by atoms with van der Waals surface area (Å²) in [5.74, 6) is -0.987. The van der Waals surface area contributed by atoms with Gasteiger partial charge in [-0.3, -0.25) is 9.59 Å². The van der Waals surface area contributed by atoms with Gasteiger partial charge in [-0.1, -0.05) is 56.4 Å². The molecule has 1 atom stereocenters. The van der Waals surface area contributed by atoms with Gasteiger partial charge in [0.2, 0.25) is 5.91 Å². The quantitative estimate of drug-likeness (QED) is 0.177. The number of benzene rings is 3. The van der Waals surface area contributed by atoms with E-state index in [1.54, 1.807) is 36.4 Å². The summed E-state index contributed by atoms with van der Waals surface area (Å²) in [6, 6.07) is 17.6. The molecular weight excluding hydrogens is 538 g/mol. The predicted octanol–water partition coefficient (Wildman–Crippen LogP) is 6.69. The third kappa shape index (κ3) is 9.51. The molecule has 218 valence electrons. The van der Waals surface area contributed by atoms with Crippen molar-refractivity contribution < 1.29 is 31.9 Å². The lowest BCUT2D eigenvalue weighted by Crippen LogP contribution is -2.48. The summed E-state index contributed by atoms with van der Waals surface area (Å²) in [6.07, 6.45) is 1.18. The van der Waals surface area contributed by atoms with Crippen molar-refractivity contribution in [3.8, 4) is 16.9 Å². The number of alkyl halides is 3. The van der Waals surface area contributed by atoms with E-state index in [0.717, 1.165) is 31.2 Å². The SMILES string of the molecule is O=C(N[C@@H](CC1CCCCC1)C(=O)NCCNc1ccc(OC(F)(F)F)cc1)c1ccc(-c2cccc(F)c2)cc1. The van der Waals surface area contributed by atoms with Crippen molar-refractivity contribution in [2.75, 3.05) is 18.4 Å². The van der Waals surface area contributed by atoms with Gasteiger partial charge in [0, 0.05) is 24.3 Å². The molecule has 4 rings (SSSR count). The molecule has 0 unspecified atom stereocenters. The van der Waals surface area contributed by atoms with Gasteiger partial charge < -0.3 is 20.7 Å². The molecule has 10 heteroatoms. The molecule has 1 aliphatic carbocycles. The standard InChI is InChI=1S/C31H33F4N3O3/c32-25-8-4-7-24(20-25)22-9-11-23(12-10-22)29(39)38-28(19-21-5-2-1-3-6-21)30(40)37-18-17-36-26-13-15-27(16-14-26)41-31(33,34)35/h4,7-16,20-21,28,36H,1-3,5-6,17-19H2,(H,37,40)(H,38,39)/t28-/m0/s1. The number of nitrogens with one attached hydrogen (secondary N) is 3. The van der Waals surface area contributed by atoms with E-state index >= 15 is 0 Å². The largest absolute Gasteiger partial charge is 0.573 e. The number of amides is 2. The molecule has 1 saturated carbocycles. The molecule has 1 aliphatic rings. The third-order valence-corrected chi connectivity index (χ3v) is 7.06. The summed E-state index contributed by atoms with van der Waals surface area (Å²) in [5, 5.41) is 8.78. The lowest BCUT2D eigenvalue weighted by molar-refractivity contribution is -0.274. The fraction of sp³-hybridized carbons (Fsp3) is 0.355. The number of carbonyl (C=O) groups excluding carboxylic acids is 2. The molecule has 0 bridgehead atoms. The number of ether oxygens (including phenoxy) is 1. The Kier molecular flexibility index (Phi) is 10.2. The van der Waals surface area contributed by atoms with Gasteiger partial charge in [0.05, 0.1) is 0 Å². The van der Waals surface area contributed by atoms with Crippen molar-refractivity contribution in [1.82, 2.24) is 10.6 Å². The van der Waals surface area contributed by atoms with E-state index in [2.05, 4.69) is 20.7 Å². The van der Waals surface area contributed by atoms with Gasteiger partial charge in [-0.2, -0.15) is 0 Å². The van der Waals surface area contributed by atoms with Crippen molar-refractivity contribution in [3.05, 3.63) is 84.2 Å². The molecule has 1 fully saturated rings. The second-order valence-electron chi connectivity index (χ2n) is 10.1. The molecule has 0 aliphatic heterocycles. The van der Waals surface area contributed by atoms with Gasteiger partial charge in [-0.25, -0.2) is 4.39 Å². The second-order valence-corrected chi connectivity index (χ2v) is 10.1. The highest BCUT2D eigenvalue weighted by atomic mass is 19.4. The van der Waals surface area contributed by atoms with E-state index in [-0.39, 0.29) is 29.9 Å². The summed E-state index contributed by atoms with van der Waals surface area (Å²) in [5.41, 5.74) is 2.44. The smallest absolute Gasteiger partial charge is 0.406 e. The Morgan fingerprint density at radius 3 is 2.24 bits per heavy atom. The van der Waals surface area contributed by atoms with Crippen LogP contribution in [0.1, 0.15) is 48.9 Å². The fourth-order valence-electron chi connectivity index (χ4n) is 5.00. The Hall–Kier alpha value is -4.08. The van der Waals surface area contributed by atoms with Crippen LogP contribution in [0.25, 0.3) is 11.1 Å². The Bertz CT molecular complexity index is 1290. The van der Waals surface area contributed by atoms with Gasteiger partial charge in [0.1, 0.15) is 17.6 Å². The molecule has 3 N–H and O–H groups in total. The number of hydrogen-bond acceptors (Lipinski definition) is 4. The van der Waals surface area contributed by atoms with Crippen molar-refractivity contribution >= 4 is 17.5 Å². The number of hydrogen-bond donors (Lipinski definition) is 3. The lowest BCUT2D eigenvalue weighted by Gasteiger charge is -2.26. The first-order valence-electron chi connectivity index (χ1n) is 13.7. The first-order valence-corrected chi connectivity index (χ1v) is 13.7. The van der Waals surface area contributed by atoms with Crippen LogP contribution in [0.2, 0.25) is 0 Å². The molecule has 0 heterocycles. The topological polar surface area (TPSA) is 79.5 Å². The van der Waals surface area contributed by atoms with E-state index in [9.17, 15) is 27.2 Å².